The van der Waals surface area contributed by atoms with E-state index in [2.05, 4.69) is 69.4 Å². The second kappa shape index (κ2) is 40.4. The number of rotatable bonds is 24. The second-order valence-corrected chi connectivity index (χ2v) is 32.1. The fourth-order valence-electron chi connectivity index (χ4n) is 17.3. The van der Waals surface area contributed by atoms with E-state index in [9.17, 15) is 59.4 Å². The SMILES string of the molecule is C=CC1=C(C)c2cc3[nH]c(cc4nc(cc5[nH]c(cc1n2)c(C)c5CCC(=O)[O-])C(CCC(=O)[O-])=C4C)c(C)c3C=C.C=CC1=C(C)c2cc3[nH]c(cc4nc(cc5[nH]c(cc1n2)c(C)c5CCC(=O)[O-])C(CCC(=O)[O-])=C4C)c(C)c3C=C.C=CC1=C(C)c2cc3[nH]c(cc4nc(cc5[nH]c(cc1n2)c(C)c5CCC(=O)[O-])C(CCC(=O)[O-])=C4C)c(C)c3C=C.[Gd+3].[Gd+3]. The molecule has 0 aliphatic carbocycles. The molecule has 0 fully saturated rings. The van der Waals surface area contributed by atoms with Gasteiger partial charge in [-0.3, -0.25) is 0 Å². The molecule has 6 aliphatic heterocycles. The van der Waals surface area contributed by atoms with E-state index >= 15 is 0 Å². The van der Waals surface area contributed by atoms with Gasteiger partial charge in [-0.1, -0.05) is 75.9 Å². The van der Waals surface area contributed by atoms with Crippen LogP contribution in [0.25, 0.3) is 151 Å². The number of H-pyrrole nitrogens is 6. The molecule has 24 nitrogen and oxygen atoms in total. The first kappa shape index (κ1) is 96.3. The van der Waals surface area contributed by atoms with Gasteiger partial charge in [0.05, 0.1) is 68.3 Å². The molecule has 0 amide bonds. The number of carbonyl (C=O) groups is 6. The summed E-state index contributed by atoms with van der Waals surface area (Å²) < 4.78 is 0. The Morgan fingerprint density at radius 1 is 0.242 bits per heavy atom. The van der Waals surface area contributed by atoms with Crippen molar-refractivity contribution < 1.29 is 139 Å². The quantitative estimate of drug-likeness (QED) is 0.0327. The molecule has 0 saturated heterocycles. The van der Waals surface area contributed by atoms with Crippen LogP contribution in [-0.4, -0.2) is 95.6 Å². The van der Waals surface area contributed by atoms with Crippen LogP contribution in [0.2, 0.25) is 0 Å². The maximum Gasteiger partial charge on any atom is 3.00 e. The Bertz CT molecular complexity index is 6430. The molecule has 9 aromatic rings. The van der Waals surface area contributed by atoms with Crippen molar-refractivity contribution in [2.45, 2.75) is 160 Å². The molecule has 0 saturated carbocycles. The zero-order valence-corrected chi connectivity index (χ0v) is 77.9. The van der Waals surface area contributed by atoms with Gasteiger partial charge in [0, 0.05) is 135 Å². The molecule has 9 aromatic heterocycles. The summed E-state index contributed by atoms with van der Waals surface area (Å²) in [5, 5.41) is 68.4. The topological polar surface area (TPSA) is 413 Å². The molecule has 128 heavy (non-hydrogen) atoms. The average molecular weight is 2000 g/mol. The van der Waals surface area contributed by atoms with Crippen molar-refractivity contribution in [3.8, 4) is 0 Å². The normalized spacial score (nSPS) is 12.8. The van der Waals surface area contributed by atoms with Crippen LogP contribution >= 0.6 is 0 Å². The van der Waals surface area contributed by atoms with Crippen molar-refractivity contribution in [1.29, 1.82) is 0 Å². The van der Waals surface area contributed by atoms with Crippen LogP contribution in [0.1, 0.15) is 234 Å². The van der Waals surface area contributed by atoms with Gasteiger partial charge in [0.1, 0.15) is 0 Å². The Morgan fingerprint density at radius 2 is 0.422 bits per heavy atom. The average Bonchev–Trinajstić information content (AvgIpc) is 1.62. The van der Waals surface area contributed by atoms with E-state index in [1.807, 2.05) is 174 Å². The third kappa shape index (κ3) is 19.9. The fourth-order valence-corrected chi connectivity index (χ4v) is 17.3. The number of hydrogen-bond acceptors (Lipinski definition) is 18. The van der Waals surface area contributed by atoms with Crippen LogP contribution in [-0.2, 0) is 48.0 Å². The maximum atomic E-state index is 11.4. The molecular weight excluding hydrogens is 1900 g/mol. The van der Waals surface area contributed by atoms with Gasteiger partial charge in [0.25, 0.3) is 0 Å². The van der Waals surface area contributed by atoms with Gasteiger partial charge in [-0.05, 0) is 333 Å². The predicted octanol–water partition coefficient (Wildman–Crippen LogP) is 14.5. The molecule has 2 radical (unpaired) electrons. The molecule has 0 spiro atoms. The number of carboxylic acids is 6. The first-order valence-electron chi connectivity index (χ1n) is 41.5. The summed E-state index contributed by atoms with van der Waals surface area (Å²) in [4.78, 5) is 119. The smallest absolute Gasteiger partial charge is 0.550 e. The number of carbonyl (C=O) groups excluding carboxylic acids is 6. The van der Waals surface area contributed by atoms with Crippen molar-refractivity contribution in [2.24, 2.45) is 0 Å². The summed E-state index contributed by atoms with van der Waals surface area (Å²) >= 11 is 0. The van der Waals surface area contributed by atoms with Crippen LogP contribution < -0.4 is 30.6 Å². The van der Waals surface area contributed by atoms with Gasteiger partial charge in [0.15, 0.2) is 0 Å². The Hall–Kier alpha value is -12.3. The van der Waals surface area contributed by atoms with E-state index in [0.29, 0.717) is 50.7 Å². The minimum absolute atomic E-state index is 0. The van der Waals surface area contributed by atoms with Crippen LogP contribution in [0, 0.1) is 121 Å². The molecule has 0 unspecified atom stereocenters. The zero-order chi connectivity index (χ0) is 90.9. The van der Waals surface area contributed by atoms with E-state index in [0.717, 1.165) is 217 Å². The predicted molar refractivity (Wildman–Crippen MR) is 490 cm³/mol. The van der Waals surface area contributed by atoms with Crippen LogP contribution in [0.3, 0.4) is 0 Å². The third-order valence-corrected chi connectivity index (χ3v) is 24.6. The number of aryl methyl sites for hydroxylation is 9. The number of aliphatic carboxylic acids is 6. The molecule has 15 rings (SSSR count). The number of fused-ring (bicyclic) bond motifs is 24. The van der Waals surface area contributed by atoms with Crippen molar-refractivity contribution in [3.63, 3.8) is 0 Å². The van der Waals surface area contributed by atoms with Crippen LogP contribution in [0.4, 0.5) is 0 Å². The summed E-state index contributed by atoms with van der Waals surface area (Å²) in [6.07, 6.45) is 11.4. The number of aromatic nitrogens is 12. The monoisotopic (exact) mass is 2000 g/mol. The van der Waals surface area contributed by atoms with E-state index in [4.69, 9.17) is 29.9 Å². The maximum absolute atomic E-state index is 11.4. The minimum Gasteiger partial charge on any atom is -0.550 e. The van der Waals surface area contributed by atoms with Crippen LogP contribution in [0.5, 0.6) is 0 Å². The number of nitrogens with zero attached hydrogens (tertiary/aromatic N) is 6. The van der Waals surface area contributed by atoms with Crippen molar-refractivity contribution >= 4 is 187 Å². The number of aromatic amines is 6. The first-order chi connectivity index (χ1) is 60.0. The number of nitrogens with one attached hydrogen (secondary N) is 6. The number of hydrogen-bond donors (Lipinski definition) is 6. The largest absolute Gasteiger partial charge is 3.00 e. The van der Waals surface area contributed by atoms with E-state index in [1.165, 1.54) is 0 Å². The molecule has 24 bridgehead atoms. The summed E-state index contributed by atoms with van der Waals surface area (Å²) in [6.45, 7) is 47.8. The first-order valence-corrected chi connectivity index (χ1v) is 41.5. The molecular formula is C102H96Gd2N12O12. The molecule has 15 heterocycles. The van der Waals surface area contributed by atoms with Gasteiger partial charge in [0.2, 0.25) is 0 Å². The van der Waals surface area contributed by atoms with Gasteiger partial charge >= 0.3 is 79.9 Å². The van der Waals surface area contributed by atoms with Crippen molar-refractivity contribution in [2.75, 3.05) is 0 Å². The van der Waals surface area contributed by atoms with E-state index in [1.54, 1.807) is 18.2 Å². The molecule has 6 N–H and O–H groups in total. The van der Waals surface area contributed by atoms with Gasteiger partial charge < -0.3 is 89.3 Å². The molecule has 6 aliphatic rings. The summed E-state index contributed by atoms with van der Waals surface area (Å²) in [6, 6.07) is 23.3. The van der Waals surface area contributed by atoms with Crippen molar-refractivity contribution in [3.05, 3.63) is 266 Å². The number of carboxylic acid groups (broad SMARTS) is 6. The Kier molecular flexibility index (Phi) is 30.4. The Morgan fingerprint density at radius 3 is 0.641 bits per heavy atom. The van der Waals surface area contributed by atoms with Gasteiger partial charge in [-0.2, -0.15) is 0 Å². The second-order valence-electron chi connectivity index (χ2n) is 32.1. The van der Waals surface area contributed by atoms with E-state index < -0.39 is 35.8 Å². The van der Waals surface area contributed by atoms with Gasteiger partial charge in [-0.15, -0.1) is 0 Å². The minimum atomic E-state index is -1.14. The Labute approximate surface area is 804 Å². The summed E-state index contributed by atoms with van der Waals surface area (Å²) in [5.74, 6) is -6.83. The molecule has 652 valence electrons. The van der Waals surface area contributed by atoms with Crippen LogP contribution in [0.15, 0.2) is 130 Å². The molecule has 26 heteroatoms. The molecule has 0 aromatic carbocycles. The van der Waals surface area contributed by atoms with Crippen molar-refractivity contribution in [1.82, 2.24) is 59.8 Å². The van der Waals surface area contributed by atoms with Gasteiger partial charge in [-0.25, -0.2) is 29.9 Å². The van der Waals surface area contributed by atoms with E-state index in [-0.39, 0.29) is 157 Å². The standard InChI is InChI=1S/3C34H34N4O4.2Gd/c3*1-7-21-17(3)25-13-26-19(5)23(9-11-33(39)40)31(37-26)16-32-24(10-12-34(41)42)20(6)28(38-32)15-30-22(8-2)18(4)27(36-30)14-29(21)35-25;;/h3*7-8,13-16,35,38H,1-2,9-12H2,3-6H3,(H,39,40)(H,41,42);;/q;;;2*+3/p-6. The fraction of sp³-hybridized carbons (Fsp3) is 0.235. The summed E-state index contributed by atoms with van der Waals surface area (Å²) in [5.41, 5.74) is 39.8. The zero-order valence-electron chi connectivity index (χ0n) is 73.4. The molecule has 0 atom stereocenters. The third-order valence-electron chi connectivity index (χ3n) is 24.6. The summed E-state index contributed by atoms with van der Waals surface area (Å²) in [7, 11) is 0. The number of allylic oxidation sites excluding steroid dienone is 15. The Balaban J connectivity index is 0.000000185.